The molecule has 1 heterocycles. The van der Waals surface area contributed by atoms with E-state index in [2.05, 4.69) is 9.97 Å². The average molecular weight is 300 g/mol. The van der Waals surface area contributed by atoms with Crippen molar-refractivity contribution in [1.82, 2.24) is 9.97 Å². The van der Waals surface area contributed by atoms with E-state index >= 15 is 0 Å². The highest BCUT2D eigenvalue weighted by atomic mass is 35.5. The maximum absolute atomic E-state index is 12.1. The summed E-state index contributed by atoms with van der Waals surface area (Å²) in [6.07, 6.45) is 0. The van der Waals surface area contributed by atoms with Gasteiger partial charge in [0.05, 0.1) is 17.4 Å². The Morgan fingerprint density at radius 3 is 2.71 bits per heavy atom. The molecule has 0 radical (unpaired) electrons. The molecule has 0 saturated carbocycles. The van der Waals surface area contributed by atoms with E-state index in [1.165, 1.54) is 0 Å². The fourth-order valence-electron chi connectivity index (χ4n) is 2.23. The molecular formula is C16H14ClN3O. The van der Waals surface area contributed by atoms with E-state index in [-0.39, 0.29) is 5.56 Å². The second kappa shape index (κ2) is 5.58. The average Bonchev–Trinajstić information content (AvgIpc) is 2.47. The minimum atomic E-state index is -0.145. The lowest BCUT2D eigenvalue weighted by Crippen LogP contribution is -2.21. The van der Waals surface area contributed by atoms with Crippen molar-refractivity contribution in [2.45, 2.75) is 6.54 Å². The van der Waals surface area contributed by atoms with Gasteiger partial charge in [0.25, 0.3) is 5.56 Å². The van der Waals surface area contributed by atoms with Crippen molar-refractivity contribution in [2.24, 2.45) is 0 Å². The molecule has 0 aliphatic carbocycles. The van der Waals surface area contributed by atoms with Crippen LogP contribution in [-0.4, -0.2) is 17.0 Å². The standard InChI is InChI=1S/C16H14ClN3O/c1-20(12-5-3-2-4-6-12)10-15-18-14-9-11(17)7-8-13(14)16(21)19-15/h2-9H,10H2,1H3,(H,18,19,21). The molecule has 0 saturated heterocycles. The molecule has 3 rings (SSSR count). The molecule has 1 aromatic heterocycles. The van der Waals surface area contributed by atoms with Crippen LogP contribution in [-0.2, 0) is 6.54 Å². The van der Waals surface area contributed by atoms with Crippen LogP contribution in [0.1, 0.15) is 5.82 Å². The van der Waals surface area contributed by atoms with Gasteiger partial charge in [0, 0.05) is 17.8 Å². The number of nitrogens with one attached hydrogen (secondary N) is 1. The Balaban J connectivity index is 1.96. The number of nitrogens with zero attached hydrogens (tertiary/aromatic N) is 2. The quantitative estimate of drug-likeness (QED) is 0.808. The third-order valence-corrected chi connectivity index (χ3v) is 3.54. The number of H-pyrrole nitrogens is 1. The molecular weight excluding hydrogens is 286 g/mol. The zero-order chi connectivity index (χ0) is 14.8. The van der Waals surface area contributed by atoms with Gasteiger partial charge in [0.1, 0.15) is 5.82 Å². The molecule has 3 aromatic rings. The first-order chi connectivity index (χ1) is 10.1. The summed E-state index contributed by atoms with van der Waals surface area (Å²) in [6.45, 7) is 0.516. The highest BCUT2D eigenvalue weighted by molar-refractivity contribution is 6.31. The SMILES string of the molecule is CN(Cc1nc2cc(Cl)ccc2c(=O)[nH]1)c1ccccc1. The van der Waals surface area contributed by atoms with E-state index in [0.29, 0.717) is 28.3 Å². The smallest absolute Gasteiger partial charge is 0.258 e. The van der Waals surface area contributed by atoms with Gasteiger partial charge in [-0.3, -0.25) is 4.79 Å². The van der Waals surface area contributed by atoms with E-state index < -0.39 is 0 Å². The molecule has 106 valence electrons. The Morgan fingerprint density at radius 1 is 1.19 bits per heavy atom. The van der Waals surface area contributed by atoms with Crippen molar-refractivity contribution >= 4 is 28.2 Å². The molecule has 0 aliphatic rings. The number of rotatable bonds is 3. The van der Waals surface area contributed by atoms with E-state index in [1.807, 2.05) is 42.3 Å². The van der Waals surface area contributed by atoms with Gasteiger partial charge in [-0.2, -0.15) is 0 Å². The number of hydrogen-bond acceptors (Lipinski definition) is 3. The lowest BCUT2D eigenvalue weighted by Gasteiger charge is -2.18. The molecule has 0 atom stereocenters. The largest absolute Gasteiger partial charge is 0.367 e. The van der Waals surface area contributed by atoms with E-state index in [9.17, 15) is 4.79 Å². The number of anilines is 1. The van der Waals surface area contributed by atoms with Crippen molar-refractivity contribution < 1.29 is 0 Å². The summed E-state index contributed by atoms with van der Waals surface area (Å²) in [5, 5.41) is 1.12. The summed E-state index contributed by atoms with van der Waals surface area (Å²) < 4.78 is 0. The van der Waals surface area contributed by atoms with Crippen molar-refractivity contribution in [3.8, 4) is 0 Å². The van der Waals surface area contributed by atoms with Crippen LogP contribution in [0.25, 0.3) is 10.9 Å². The van der Waals surface area contributed by atoms with Crippen molar-refractivity contribution in [1.29, 1.82) is 0 Å². The first-order valence-electron chi connectivity index (χ1n) is 6.58. The van der Waals surface area contributed by atoms with Gasteiger partial charge in [-0.1, -0.05) is 29.8 Å². The van der Waals surface area contributed by atoms with Crippen LogP contribution in [0.5, 0.6) is 0 Å². The maximum atomic E-state index is 12.1. The first-order valence-corrected chi connectivity index (χ1v) is 6.96. The van der Waals surface area contributed by atoms with E-state index in [4.69, 9.17) is 11.6 Å². The maximum Gasteiger partial charge on any atom is 0.258 e. The minimum absolute atomic E-state index is 0.145. The molecule has 5 heteroatoms. The summed E-state index contributed by atoms with van der Waals surface area (Å²) in [5.74, 6) is 0.612. The highest BCUT2D eigenvalue weighted by Gasteiger charge is 2.07. The fraction of sp³-hybridized carbons (Fsp3) is 0.125. The molecule has 0 fully saturated rings. The first kappa shape index (κ1) is 13.6. The van der Waals surface area contributed by atoms with Crippen LogP contribution in [0.4, 0.5) is 5.69 Å². The summed E-state index contributed by atoms with van der Waals surface area (Å²) in [5.41, 5.74) is 1.53. The third kappa shape index (κ3) is 2.90. The third-order valence-electron chi connectivity index (χ3n) is 3.30. The summed E-state index contributed by atoms with van der Waals surface area (Å²) in [6, 6.07) is 15.0. The Labute approximate surface area is 127 Å². The molecule has 0 unspecified atom stereocenters. The Kier molecular flexibility index (Phi) is 3.62. The second-order valence-electron chi connectivity index (χ2n) is 4.87. The number of halogens is 1. The summed E-state index contributed by atoms with van der Waals surface area (Å²) >= 11 is 5.96. The zero-order valence-electron chi connectivity index (χ0n) is 11.5. The van der Waals surface area contributed by atoms with Crippen molar-refractivity contribution in [3.63, 3.8) is 0 Å². The van der Waals surface area contributed by atoms with Gasteiger partial charge in [-0.05, 0) is 30.3 Å². The lowest BCUT2D eigenvalue weighted by atomic mass is 10.2. The summed E-state index contributed by atoms with van der Waals surface area (Å²) in [4.78, 5) is 21.4. The highest BCUT2D eigenvalue weighted by Crippen LogP contribution is 2.16. The van der Waals surface area contributed by atoms with Gasteiger partial charge in [0.2, 0.25) is 0 Å². The van der Waals surface area contributed by atoms with Crippen LogP contribution < -0.4 is 10.5 Å². The van der Waals surface area contributed by atoms with Gasteiger partial charge >= 0.3 is 0 Å². The normalized spacial score (nSPS) is 10.8. The van der Waals surface area contributed by atoms with Crippen LogP contribution in [0.3, 0.4) is 0 Å². The number of fused-ring (bicyclic) bond motifs is 1. The second-order valence-corrected chi connectivity index (χ2v) is 5.30. The number of benzene rings is 2. The molecule has 0 bridgehead atoms. The number of hydrogen-bond donors (Lipinski definition) is 1. The van der Waals surface area contributed by atoms with Crippen molar-refractivity contribution in [2.75, 3.05) is 11.9 Å². The summed E-state index contributed by atoms with van der Waals surface area (Å²) in [7, 11) is 1.96. The number of para-hydroxylation sites is 1. The molecule has 2 aromatic carbocycles. The monoisotopic (exact) mass is 299 g/mol. The lowest BCUT2D eigenvalue weighted by molar-refractivity contribution is 0.840. The van der Waals surface area contributed by atoms with E-state index in [0.717, 1.165) is 5.69 Å². The van der Waals surface area contributed by atoms with Crippen LogP contribution in [0.2, 0.25) is 5.02 Å². The Hall–Kier alpha value is -2.33. The predicted molar refractivity (Wildman–Crippen MR) is 85.9 cm³/mol. The van der Waals surface area contributed by atoms with Crippen LogP contribution in [0.15, 0.2) is 53.3 Å². The molecule has 4 nitrogen and oxygen atoms in total. The Bertz CT molecular complexity index is 830. The molecule has 1 N–H and O–H groups in total. The Morgan fingerprint density at radius 2 is 1.95 bits per heavy atom. The molecule has 0 spiro atoms. The zero-order valence-corrected chi connectivity index (χ0v) is 12.3. The molecule has 21 heavy (non-hydrogen) atoms. The predicted octanol–water partition coefficient (Wildman–Crippen LogP) is 3.21. The fourth-order valence-corrected chi connectivity index (χ4v) is 2.40. The van der Waals surface area contributed by atoms with Gasteiger partial charge in [0.15, 0.2) is 0 Å². The van der Waals surface area contributed by atoms with Crippen molar-refractivity contribution in [3.05, 3.63) is 69.7 Å². The van der Waals surface area contributed by atoms with Gasteiger partial charge in [-0.15, -0.1) is 0 Å². The molecule has 0 amide bonds. The number of aromatic nitrogens is 2. The minimum Gasteiger partial charge on any atom is -0.367 e. The van der Waals surface area contributed by atoms with Gasteiger partial charge < -0.3 is 9.88 Å². The molecule has 0 aliphatic heterocycles. The topological polar surface area (TPSA) is 49.0 Å². The van der Waals surface area contributed by atoms with Crippen LogP contribution >= 0.6 is 11.6 Å². The number of aromatic amines is 1. The van der Waals surface area contributed by atoms with Crippen LogP contribution in [0, 0.1) is 0 Å². The van der Waals surface area contributed by atoms with E-state index in [1.54, 1.807) is 18.2 Å². The van der Waals surface area contributed by atoms with Gasteiger partial charge in [-0.25, -0.2) is 4.98 Å².